The molecular formula is C14H24N2O4. The second-order valence-corrected chi connectivity index (χ2v) is 5.61. The van der Waals surface area contributed by atoms with Crippen molar-refractivity contribution in [1.29, 1.82) is 0 Å². The number of likely N-dealkylation sites (N-methyl/N-ethyl adjacent to an activating group) is 1. The monoisotopic (exact) mass is 284 g/mol. The standard InChI is InChI=1S/C14H24N2O4/c1-2-16-6-7-20-10(9-16)8-15-13(17)11-4-3-5-12(11)14(18)19/h10-12H,2-9H2,1H3,(H,15,17)(H,18,19)/t10?,11-,12+/m1/s1. The Labute approximate surface area is 119 Å². The van der Waals surface area contributed by atoms with Crippen LogP contribution in [0.5, 0.6) is 0 Å². The summed E-state index contributed by atoms with van der Waals surface area (Å²) in [6, 6.07) is 0. The van der Waals surface area contributed by atoms with E-state index in [0.717, 1.165) is 26.1 Å². The molecule has 1 aliphatic heterocycles. The molecule has 0 bridgehead atoms. The van der Waals surface area contributed by atoms with Crippen molar-refractivity contribution in [2.45, 2.75) is 32.3 Å². The third-order valence-corrected chi connectivity index (χ3v) is 4.34. The average Bonchev–Trinajstić information content (AvgIpc) is 2.94. The topological polar surface area (TPSA) is 78.9 Å². The maximum Gasteiger partial charge on any atom is 0.307 e. The summed E-state index contributed by atoms with van der Waals surface area (Å²) in [5, 5.41) is 12.0. The Morgan fingerprint density at radius 3 is 2.80 bits per heavy atom. The fraction of sp³-hybridized carbons (Fsp3) is 0.857. The van der Waals surface area contributed by atoms with E-state index in [1.54, 1.807) is 0 Å². The number of carbonyl (C=O) groups is 2. The number of nitrogens with zero attached hydrogens (tertiary/aromatic N) is 1. The number of morpholine rings is 1. The quantitative estimate of drug-likeness (QED) is 0.760. The predicted molar refractivity (Wildman–Crippen MR) is 73.3 cm³/mol. The van der Waals surface area contributed by atoms with Crippen molar-refractivity contribution >= 4 is 11.9 Å². The highest BCUT2D eigenvalue weighted by atomic mass is 16.5. The SMILES string of the molecule is CCN1CCOC(CNC(=O)[C@@H]2CCC[C@@H]2C(=O)O)C1. The Bertz CT molecular complexity index is 361. The Morgan fingerprint density at radius 1 is 1.35 bits per heavy atom. The normalized spacial score (nSPS) is 31.1. The van der Waals surface area contributed by atoms with Gasteiger partial charge in [0.15, 0.2) is 0 Å². The highest BCUT2D eigenvalue weighted by molar-refractivity contribution is 5.85. The molecule has 0 radical (unpaired) electrons. The molecule has 2 N–H and O–H groups in total. The van der Waals surface area contributed by atoms with Crippen LogP contribution in [0.1, 0.15) is 26.2 Å². The number of aliphatic carboxylic acids is 1. The van der Waals surface area contributed by atoms with E-state index >= 15 is 0 Å². The summed E-state index contributed by atoms with van der Waals surface area (Å²) >= 11 is 0. The van der Waals surface area contributed by atoms with Crippen molar-refractivity contribution in [2.75, 3.05) is 32.8 Å². The zero-order valence-corrected chi connectivity index (χ0v) is 12.0. The van der Waals surface area contributed by atoms with Crippen LogP contribution in [0.4, 0.5) is 0 Å². The molecule has 114 valence electrons. The van der Waals surface area contributed by atoms with Gasteiger partial charge in [-0.05, 0) is 19.4 Å². The lowest BCUT2D eigenvalue weighted by atomic mass is 9.95. The van der Waals surface area contributed by atoms with E-state index < -0.39 is 11.9 Å². The molecule has 0 aromatic heterocycles. The first kappa shape index (κ1) is 15.3. The molecule has 1 saturated heterocycles. The van der Waals surface area contributed by atoms with Gasteiger partial charge in [0.2, 0.25) is 5.91 Å². The Hall–Kier alpha value is -1.14. The number of ether oxygens (including phenoxy) is 1. The summed E-state index contributed by atoms with van der Waals surface area (Å²) in [6.45, 7) is 6.01. The van der Waals surface area contributed by atoms with Crippen molar-refractivity contribution in [1.82, 2.24) is 10.2 Å². The Morgan fingerprint density at radius 2 is 2.10 bits per heavy atom. The molecule has 0 aromatic rings. The van der Waals surface area contributed by atoms with Gasteiger partial charge in [0.25, 0.3) is 0 Å². The molecule has 1 aliphatic carbocycles. The molecule has 6 nitrogen and oxygen atoms in total. The van der Waals surface area contributed by atoms with Gasteiger partial charge in [0.1, 0.15) is 0 Å². The number of carboxylic acids is 1. The van der Waals surface area contributed by atoms with Crippen LogP contribution in [0.2, 0.25) is 0 Å². The molecule has 2 fully saturated rings. The van der Waals surface area contributed by atoms with Gasteiger partial charge in [-0.2, -0.15) is 0 Å². The molecule has 3 atom stereocenters. The van der Waals surface area contributed by atoms with Gasteiger partial charge in [-0.25, -0.2) is 0 Å². The molecule has 0 aromatic carbocycles. The zero-order chi connectivity index (χ0) is 14.5. The largest absolute Gasteiger partial charge is 0.481 e. The van der Waals surface area contributed by atoms with Gasteiger partial charge >= 0.3 is 5.97 Å². The fourth-order valence-corrected chi connectivity index (χ4v) is 3.11. The van der Waals surface area contributed by atoms with Crippen molar-refractivity contribution in [2.24, 2.45) is 11.8 Å². The van der Waals surface area contributed by atoms with Crippen LogP contribution in [-0.4, -0.2) is 60.8 Å². The first-order chi connectivity index (χ1) is 9.61. The molecule has 1 saturated carbocycles. The lowest BCUT2D eigenvalue weighted by Gasteiger charge is -2.32. The minimum Gasteiger partial charge on any atom is -0.481 e. The first-order valence-corrected chi connectivity index (χ1v) is 7.46. The molecule has 20 heavy (non-hydrogen) atoms. The van der Waals surface area contributed by atoms with Crippen LogP contribution in [0.15, 0.2) is 0 Å². The van der Waals surface area contributed by atoms with Crippen LogP contribution in [-0.2, 0) is 14.3 Å². The Balaban J connectivity index is 1.78. The van der Waals surface area contributed by atoms with Crippen molar-refractivity contribution in [3.63, 3.8) is 0 Å². The first-order valence-electron chi connectivity index (χ1n) is 7.46. The summed E-state index contributed by atoms with van der Waals surface area (Å²) in [5.74, 6) is -1.88. The van der Waals surface area contributed by atoms with Gasteiger partial charge in [0.05, 0.1) is 24.5 Å². The number of amides is 1. The van der Waals surface area contributed by atoms with E-state index in [1.165, 1.54) is 0 Å². The second-order valence-electron chi connectivity index (χ2n) is 5.61. The minimum atomic E-state index is -0.853. The van der Waals surface area contributed by atoms with Crippen molar-refractivity contribution in [3.05, 3.63) is 0 Å². The van der Waals surface area contributed by atoms with E-state index in [2.05, 4.69) is 17.1 Å². The summed E-state index contributed by atoms with van der Waals surface area (Å²) in [7, 11) is 0. The second kappa shape index (κ2) is 7.04. The van der Waals surface area contributed by atoms with E-state index in [9.17, 15) is 9.59 Å². The summed E-state index contributed by atoms with van der Waals surface area (Å²) in [6.07, 6.45) is 2.11. The van der Waals surface area contributed by atoms with Crippen molar-refractivity contribution in [3.8, 4) is 0 Å². The lowest BCUT2D eigenvalue weighted by Crippen LogP contribution is -2.48. The highest BCUT2D eigenvalue weighted by Gasteiger charge is 2.37. The van der Waals surface area contributed by atoms with Gasteiger partial charge in [-0.3, -0.25) is 14.5 Å². The van der Waals surface area contributed by atoms with Gasteiger partial charge < -0.3 is 15.2 Å². The molecule has 1 unspecified atom stereocenters. The highest BCUT2D eigenvalue weighted by Crippen LogP contribution is 2.32. The van der Waals surface area contributed by atoms with E-state index in [4.69, 9.17) is 9.84 Å². The lowest BCUT2D eigenvalue weighted by molar-refractivity contribution is -0.146. The van der Waals surface area contributed by atoms with Crippen LogP contribution >= 0.6 is 0 Å². The molecule has 1 heterocycles. The molecule has 0 spiro atoms. The summed E-state index contributed by atoms with van der Waals surface area (Å²) in [5.41, 5.74) is 0. The zero-order valence-electron chi connectivity index (χ0n) is 12.0. The minimum absolute atomic E-state index is 0.0114. The van der Waals surface area contributed by atoms with E-state index in [-0.39, 0.29) is 17.9 Å². The van der Waals surface area contributed by atoms with E-state index in [0.29, 0.717) is 26.0 Å². The predicted octanol–water partition coefficient (Wildman–Crippen LogP) is 0.324. The number of hydrogen-bond donors (Lipinski definition) is 2. The maximum absolute atomic E-state index is 12.1. The van der Waals surface area contributed by atoms with Crippen LogP contribution in [0, 0.1) is 11.8 Å². The van der Waals surface area contributed by atoms with Crippen LogP contribution < -0.4 is 5.32 Å². The van der Waals surface area contributed by atoms with Gasteiger partial charge in [-0.1, -0.05) is 13.3 Å². The molecule has 1 amide bonds. The number of carbonyl (C=O) groups excluding carboxylic acids is 1. The van der Waals surface area contributed by atoms with Crippen molar-refractivity contribution < 1.29 is 19.4 Å². The number of nitrogens with one attached hydrogen (secondary N) is 1. The van der Waals surface area contributed by atoms with Crippen LogP contribution in [0.3, 0.4) is 0 Å². The number of rotatable bonds is 5. The smallest absolute Gasteiger partial charge is 0.307 e. The van der Waals surface area contributed by atoms with E-state index in [1.807, 2.05) is 0 Å². The Kier molecular flexibility index (Phi) is 5.37. The van der Waals surface area contributed by atoms with Crippen LogP contribution in [0.25, 0.3) is 0 Å². The summed E-state index contributed by atoms with van der Waals surface area (Å²) in [4.78, 5) is 25.5. The third kappa shape index (κ3) is 3.70. The third-order valence-electron chi connectivity index (χ3n) is 4.34. The average molecular weight is 284 g/mol. The molecule has 2 rings (SSSR count). The fourth-order valence-electron chi connectivity index (χ4n) is 3.11. The molecular weight excluding hydrogens is 260 g/mol. The maximum atomic E-state index is 12.1. The number of carboxylic acid groups (broad SMARTS) is 1. The molecule has 2 aliphatic rings. The summed E-state index contributed by atoms with van der Waals surface area (Å²) < 4.78 is 5.62. The number of hydrogen-bond acceptors (Lipinski definition) is 4. The molecule has 6 heteroatoms. The van der Waals surface area contributed by atoms with Gasteiger partial charge in [0, 0.05) is 19.6 Å². The van der Waals surface area contributed by atoms with Gasteiger partial charge in [-0.15, -0.1) is 0 Å².